The first-order chi connectivity index (χ1) is 7.16. The van der Waals surface area contributed by atoms with E-state index < -0.39 is 0 Å². The average molecular weight is 202 g/mol. The zero-order valence-electron chi connectivity index (χ0n) is 8.90. The first kappa shape index (κ1) is 9.77. The Kier molecular flexibility index (Phi) is 2.46. The minimum atomic E-state index is 0.354. The number of hydrogen-bond acceptors (Lipinski definition) is 3. The van der Waals surface area contributed by atoms with Crippen LogP contribution in [0.15, 0.2) is 34.9 Å². The zero-order valence-corrected chi connectivity index (χ0v) is 8.90. The van der Waals surface area contributed by atoms with Crippen LogP contribution in [-0.4, -0.2) is 4.98 Å². The van der Waals surface area contributed by atoms with Gasteiger partial charge in [0, 0.05) is 17.2 Å². The molecule has 0 aliphatic rings. The van der Waals surface area contributed by atoms with Gasteiger partial charge in [0.05, 0.1) is 6.20 Å². The lowest BCUT2D eigenvalue weighted by Crippen LogP contribution is -1.84. The zero-order chi connectivity index (χ0) is 10.8. The van der Waals surface area contributed by atoms with Crippen LogP contribution in [0.2, 0.25) is 0 Å². The Balaban J connectivity index is 2.37. The molecule has 0 radical (unpaired) electrons. The third-order valence-electron chi connectivity index (χ3n) is 2.23. The second kappa shape index (κ2) is 3.77. The van der Waals surface area contributed by atoms with E-state index >= 15 is 0 Å². The molecule has 0 amide bonds. The standard InChI is InChI=1S/C12H14N2O/c1-8(2)11-7-14-12(15-11)9-4-3-5-10(13)6-9/h3-8H,13H2,1-2H3. The van der Waals surface area contributed by atoms with Crippen LogP contribution in [0.1, 0.15) is 25.5 Å². The van der Waals surface area contributed by atoms with Gasteiger partial charge in [-0.25, -0.2) is 4.98 Å². The summed E-state index contributed by atoms with van der Waals surface area (Å²) in [4.78, 5) is 4.23. The van der Waals surface area contributed by atoms with Crippen molar-refractivity contribution in [2.45, 2.75) is 19.8 Å². The van der Waals surface area contributed by atoms with Gasteiger partial charge in [-0.2, -0.15) is 0 Å². The van der Waals surface area contributed by atoms with Crippen LogP contribution < -0.4 is 5.73 Å². The van der Waals surface area contributed by atoms with Gasteiger partial charge in [-0.1, -0.05) is 19.9 Å². The van der Waals surface area contributed by atoms with Gasteiger partial charge in [0.15, 0.2) is 0 Å². The topological polar surface area (TPSA) is 52.0 Å². The molecule has 3 nitrogen and oxygen atoms in total. The number of rotatable bonds is 2. The summed E-state index contributed by atoms with van der Waals surface area (Å²) in [7, 11) is 0. The highest BCUT2D eigenvalue weighted by Gasteiger charge is 2.08. The summed E-state index contributed by atoms with van der Waals surface area (Å²) < 4.78 is 5.62. The molecule has 0 bridgehead atoms. The van der Waals surface area contributed by atoms with E-state index in [0.29, 0.717) is 11.8 Å². The molecule has 0 fully saturated rings. The Bertz CT molecular complexity index is 460. The van der Waals surface area contributed by atoms with Crippen molar-refractivity contribution in [3.05, 3.63) is 36.2 Å². The van der Waals surface area contributed by atoms with Crippen molar-refractivity contribution in [3.8, 4) is 11.5 Å². The predicted octanol–water partition coefficient (Wildman–Crippen LogP) is 3.05. The molecule has 0 aliphatic heterocycles. The number of nitrogens with two attached hydrogens (primary N) is 1. The van der Waals surface area contributed by atoms with Crippen LogP contribution in [0.4, 0.5) is 5.69 Å². The molecule has 0 saturated carbocycles. The maximum atomic E-state index is 5.69. The van der Waals surface area contributed by atoms with Crippen LogP contribution in [0.25, 0.3) is 11.5 Å². The number of aromatic nitrogens is 1. The van der Waals surface area contributed by atoms with E-state index in [1.165, 1.54) is 0 Å². The molecule has 1 aromatic carbocycles. The van der Waals surface area contributed by atoms with E-state index in [9.17, 15) is 0 Å². The molecular weight excluding hydrogens is 188 g/mol. The van der Waals surface area contributed by atoms with E-state index in [2.05, 4.69) is 18.8 Å². The fraction of sp³-hybridized carbons (Fsp3) is 0.250. The summed E-state index contributed by atoms with van der Waals surface area (Å²) in [6, 6.07) is 7.53. The molecule has 0 spiro atoms. The molecule has 0 atom stereocenters. The first-order valence-corrected chi connectivity index (χ1v) is 4.98. The van der Waals surface area contributed by atoms with Crippen LogP contribution in [0.5, 0.6) is 0 Å². The number of anilines is 1. The summed E-state index contributed by atoms with van der Waals surface area (Å²) in [5, 5.41) is 0. The molecule has 2 rings (SSSR count). The Labute approximate surface area is 88.9 Å². The normalized spacial score (nSPS) is 10.9. The largest absolute Gasteiger partial charge is 0.441 e. The number of benzene rings is 1. The maximum Gasteiger partial charge on any atom is 0.226 e. The van der Waals surface area contributed by atoms with E-state index in [0.717, 1.165) is 17.0 Å². The third kappa shape index (κ3) is 2.01. The Morgan fingerprint density at radius 3 is 2.73 bits per heavy atom. The van der Waals surface area contributed by atoms with Gasteiger partial charge >= 0.3 is 0 Å². The van der Waals surface area contributed by atoms with Crippen molar-refractivity contribution in [2.24, 2.45) is 0 Å². The quantitative estimate of drug-likeness (QED) is 0.761. The van der Waals surface area contributed by atoms with E-state index in [-0.39, 0.29) is 0 Å². The minimum absolute atomic E-state index is 0.354. The number of hydrogen-bond donors (Lipinski definition) is 1. The molecule has 3 heteroatoms. The molecule has 15 heavy (non-hydrogen) atoms. The maximum absolute atomic E-state index is 5.69. The second-order valence-corrected chi connectivity index (χ2v) is 3.85. The Morgan fingerprint density at radius 1 is 1.33 bits per heavy atom. The highest BCUT2D eigenvalue weighted by atomic mass is 16.4. The monoisotopic (exact) mass is 202 g/mol. The summed E-state index contributed by atoms with van der Waals surface area (Å²) in [6.45, 7) is 4.15. The lowest BCUT2D eigenvalue weighted by Gasteiger charge is -1.98. The van der Waals surface area contributed by atoms with Crippen LogP contribution >= 0.6 is 0 Å². The lowest BCUT2D eigenvalue weighted by atomic mass is 10.2. The van der Waals surface area contributed by atoms with Crippen molar-refractivity contribution in [3.63, 3.8) is 0 Å². The van der Waals surface area contributed by atoms with Gasteiger partial charge in [0.1, 0.15) is 5.76 Å². The number of nitrogen functional groups attached to an aromatic ring is 1. The summed E-state index contributed by atoms with van der Waals surface area (Å²) >= 11 is 0. The molecule has 0 aliphatic carbocycles. The van der Waals surface area contributed by atoms with Crippen molar-refractivity contribution < 1.29 is 4.42 Å². The van der Waals surface area contributed by atoms with Crippen molar-refractivity contribution in [1.29, 1.82) is 0 Å². The lowest BCUT2D eigenvalue weighted by molar-refractivity contribution is 0.495. The highest BCUT2D eigenvalue weighted by Crippen LogP contribution is 2.24. The SMILES string of the molecule is CC(C)c1cnc(-c2cccc(N)c2)o1. The van der Waals surface area contributed by atoms with E-state index in [1.54, 1.807) is 6.20 Å². The van der Waals surface area contributed by atoms with Gasteiger partial charge in [0.2, 0.25) is 5.89 Å². The van der Waals surface area contributed by atoms with Crippen molar-refractivity contribution >= 4 is 5.69 Å². The summed E-state index contributed by atoms with van der Waals surface area (Å²) in [6.07, 6.45) is 1.77. The fourth-order valence-electron chi connectivity index (χ4n) is 1.36. The molecular formula is C12H14N2O. The smallest absolute Gasteiger partial charge is 0.226 e. The van der Waals surface area contributed by atoms with Gasteiger partial charge in [-0.3, -0.25) is 0 Å². The highest BCUT2D eigenvalue weighted by molar-refractivity contribution is 5.59. The van der Waals surface area contributed by atoms with Crippen LogP contribution in [-0.2, 0) is 0 Å². The van der Waals surface area contributed by atoms with Gasteiger partial charge in [-0.05, 0) is 18.2 Å². The molecule has 0 unspecified atom stereocenters. The van der Waals surface area contributed by atoms with Crippen LogP contribution in [0.3, 0.4) is 0 Å². The second-order valence-electron chi connectivity index (χ2n) is 3.85. The minimum Gasteiger partial charge on any atom is -0.441 e. The van der Waals surface area contributed by atoms with Gasteiger partial charge < -0.3 is 10.2 Å². The van der Waals surface area contributed by atoms with E-state index in [4.69, 9.17) is 10.2 Å². The molecule has 1 heterocycles. The Morgan fingerprint density at radius 2 is 2.13 bits per heavy atom. The van der Waals surface area contributed by atoms with E-state index in [1.807, 2.05) is 24.3 Å². The third-order valence-corrected chi connectivity index (χ3v) is 2.23. The van der Waals surface area contributed by atoms with Crippen molar-refractivity contribution in [1.82, 2.24) is 4.98 Å². The van der Waals surface area contributed by atoms with Gasteiger partial charge in [0.25, 0.3) is 0 Å². The summed E-state index contributed by atoms with van der Waals surface area (Å²) in [5.41, 5.74) is 7.33. The first-order valence-electron chi connectivity index (χ1n) is 4.98. The predicted molar refractivity (Wildman–Crippen MR) is 60.4 cm³/mol. The molecule has 2 aromatic rings. The molecule has 2 N–H and O–H groups in total. The number of nitrogens with zero attached hydrogens (tertiary/aromatic N) is 1. The molecule has 1 aromatic heterocycles. The molecule has 78 valence electrons. The van der Waals surface area contributed by atoms with Gasteiger partial charge in [-0.15, -0.1) is 0 Å². The number of oxazole rings is 1. The molecule has 0 saturated heterocycles. The van der Waals surface area contributed by atoms with Crippen LogP contribution in [0, 0.1) is 0 Å². The Hall–Kier alpha value is -1.77. The summed E-state index contributed by atoms with van der Waals surface area (Å²) in [5.74, 6) is 1.88. The average Bonchev–Trinajstić information content (AvgIpc) is 2.66. The van der Waals surface area contributed by atoms with Crippen molar-refractivity contribution in [2.75, 3.05) is 5.73 Å². The fourth-order valence-corrected chi connectivity index (χ4v) is 1.36.